The number of aromatic nitrogens is 4. The van der Waals surface area contributed by atoms with E-state index in [1.807, 2.05) is 31.9 Å². The molecule has 0 aliphatic heterocycles. The normalized spacial score (nSPS) is 12.1. The van der Waals surface area contributed by atoms with Crippen LogP contribution in [-0.4, -0.2) is 87.5 Å². The molecule has 4 N–H and O–H groups in total. The van der Waals surface area contributed by atoms with Crippen LogP contribution < -0.4 is 10.6 Å². The van der Waals surface area contributed by atoms with Gasteiger partial charge in [-0.25, -0.2) is 14.8 Å². The summed E-state index contributed by atoms with van der Waals surface area (Å²) in [7, 11) is 3.06. The molecular formula is C30H42N8O4S2. The van der Waals surface area contributed by atoms with Gasteiger partial charge in [0.05, 0.1) is 60.3 Å². The highest BCUT2D eigenvalue weighted by Crippen LogP contribution is 2.41. The molecule has 1 unspecified atom stereocenters. The van der Waals surface area contributed by atoms with E-state index >= 15 is 0 Å². The lowest BCUT2D eigenvalue weighted by Gasteiger charge is -2.28. The molecule has 14 heteroatoms. The van der Waals surface area contributed by atoms with Gasteiger partial charge >= 0.3 is 6.09 Å². The topological polar surface area (TPSA) is 148 Å². The number of alkyl carbamates (subject to hydrolysis) is 1. The summed E-state index contributed by atoms with van der Waals surface area (Å²) >= 11 is 3.35. The zero-order valence-electron chi connectivity index (χ0n) is 26.2. The van der Waals surface area contributed by atoms with Gasteiger partial charge in [0.15, 0.2) is 0 Å². The molecule has 0 aliphatic carbocycles. The van der Waals surface area contributed by atoms with Crippen LogP contribution in [-0.2, 0) is 27.4 Å². The second-order valence-corrected chi connectivity index (χ2v) is 13.1. The van der Waals surface area contributed by atoms with Gasteiger partial charge in [-0.15, -0.1) is 22.7 Å². The highest BCUT2D eigenvalue weighted by molar-refractivity contribution is 7.31. The molecule has 0 bridgehead atoms. The minimum atomic E-state index is -0.691. The van der Waals surface area contributed by atoms with Gasteiger partial charge in [-0.3, -0.25) is 9.59 Å². The Bertz CT molecular complexity index is 1520. The number of nitrogens with zero attached hydrogens (tertiary/aromatic N) is 4. The molecule has 0 aliphatic rings. The van der Waals surface area contributed by atoms with E-state index in [2.05, 4.69) is 49.6 Å². The maximum absolute atomic E-state index is 13.4. The van der Waals surface area contributed by atoms with Crippen LogP contribution in [0.15, 0.2) is 24.5 Å². The van der Waals surface area contributed by atoms with Crippen LogP contribution >= 0.6 is 22.7 Å². The second kappa shape index (κ2) is 15.3. The molecule has 238 valence electrons. The van der Waals surface area contributed by atoms with Gasteiger partial charge in [0.2, 0.25) is 11.8 Å². The van der Waals surface area contributed by atoms with Crippen molar-refractivity contribution in [2.75, 3.05) is 33.8 Å². The average Bonchev–Trinajstić information content (AvgIpc) is 3.79. The molecule has 0 radical (unpaired) electrons. The Kier molecular flexibility index (Phi) is 11.5. The Morgan fingerprint density at radius 2 is 1.43 bits per heavy atom. The van der Waals surface area contributed by atoms with Gasteiger partial charge in [0.1, 0.15) is 17.7 Å². The number of methoxy groups -OCH3 is 1. The van der Waals surface area contributed by atoms with E-state index in [0.717, 1.165) is 49.2 Å². The van der Waals surface area contributed by atoms with Gasteiger partial charge in [-0.1, -0.05) is 27.7 Å². The molecule has 4 aromatic heterocycles. The summed E-state index contributed by atoms with van der Waals surface area (Å²) in [6.07, 6.45) is 4.65. The number of carbonyl (C=O) groups is 3. The van der Waals surface area contributed by atoms with E-state index in [4.69, 9.17) is 4.74 Å². The molecule has 4 aromatic rings. The van der Waals surface area contributed by atoms with Crippen LogP contribution in [0.3, 0.4) is 0 Å². The fraction of sp³-hybridized carbons (Fsp3) is 0.500. The number of amides is 3. The summed E-state index contributed by atoms with van der Waals surface area (Å²) < 4.78 is 7.03. The standard InChI is InChI=1S/C30H42N8O4S2/c1-7-9-37(27(39)15-31-5)16-25-32-13-19(34-25)21-11-23-24(43-21)12-22(44-23)20-14-33-26(35-20)17-38(10-8-2)29(40)28(18(3)4)36-30(41)42-6/h11-14,18,28,31H,7-10,15-17H2,1-6H3,(H,32,34)(H,33,35)(H,36,41). The lowest BCUT2D eigenvalue weighted by molar-refractivity contribution is -0.135. The van der Waals surface area contributed by atoms with Crippen LogP contribution in [0.25, 0.3) is 30.5 Å². The van der Waals surface area contributed by atoms with Crippen LogP contribution in [0.1, 0.15) is 52.2 Å². The van der Waals surface area contributed by atoms with E-state index < -0.39 is 12.1 Å². The van der Waals surface area contributed by atoms with Gasteiger partial charge in [0, 0.05) is 22.5 Å². The first-order chi connectivity index (χ1) is 21.2. The number of carbonyl (C=O) groups excluding carboxylic acids is 3. The third kappa shape index (κ3) is 8.04. The molecule has 4 rings (SSSR count). The molecule has 0 saturated carbocycles. The van der Waals surface area contributed by atoms with Gasteiger partial charge < -0.3 is 35.1 Å². The first kappa shape index (κ1) is 33.1. The van der Waals surface area contributed by atoms with Gasteiger partial charge in [0.25, 0.3) is 0 Å². The molecule has 0 spiro atoms. The van der Waals surface area contributed by atoms with E-state index in [-0.39, 0.29) is 17.7 Å². The van der Waals surface area contributed by atoms with E-state index in [1.54, 1.807) is 40.8 Å². The molecule has 0 aromatic carbocycles. The summed E-state index contributed by atoms with van der Waals surface area (Å²) in [5.41, 5.74) is 1.82. The monoisotopic (exact) mass is 642 g/mol. The van der Waals surface area contributed by atoms with Crippen LogP contribution in [0.5, 0.6) is 0 Å². The predicted octanol–water partition coefficient (Wildman–Crippen LogP) is 4.82. The third-order valence-electron chi connectivity index (χ3n) is 7.05. The van der Waals surface area contributed by atoms with Crippen molar-refractivity contribution < 1.29 is 19.1 Å². The Balaban J connectivity index is 1.45. The van der Waals surface area contributed by atoms with Crippen LogP contribution in [0.2, 0.25) is 0 Å². The maximum atomic E-state index is 13.4. The first-order valence-corrected chi connectivity index (χ1v) is 16.5. The van der Waals surface area contributed by atoms with E-state index in [9.17, 15) is 14.4 Å². The summed E-state index contributed by atoms with van der Waals surface area (Å²) in [6, 6.07) is 3.61. The van der Waals surface area contributed by atoms with Crippen molar-refractivity contribution in [3.63, 3.8) is 0 Å². The fourth-order valence-corrected chi connectivity index (χ4v) is 7.18. The van der Waals surface area contributed by atoms with E-state index in [1.165, 1.54) is 7.11 Å². The van der Waals surface area contributed by atoms with Crippen LogP contribution in [0.4, 0.5) is 4.79 Å². The van der Waals surface area contributed by atoms with Crippen molar-refractivity contribution in [1.82, 2.24) is 40.4 Å². The number of hydrogen-bond donors (Lipinski definition) is 4. The lowest BCUT2D eigenvalue weighted by Crippen LogP contribution is -2.51. The summed E-state index contributed by atoms with van der Waals surface area (Å²) in [5.74, 6) is 1.22. The average molecular weight is 643 g/mol. The molecular weight excluding hydrogens is 601 g/mol. The van der Waals surface area contributed by atoms with E-state index in [0.29, 0.717) is 38.5 Å². The maximum Gasteiger partial charge on any atom is 0.407 e. The molecule has 4 heterocycles. The van der Waals surface area contributed by atoms with Crippen molar-refractivity contribution in [2.24, 2.45) is 5.92 Å². The quantitative estimate of drug-likeness (QED) is 0.145. The number of aromatic amines is 2. The van der Waals surface area contributed by atoms with Crippen molar-refractivity contribution in [1.29, 1.82) is 0 Å². The number of nitrogens with one attached hydrogen (secondary N) is 4. The molecule has 1 atom stereocenters. The number of ether oxygens (including phenoxy) is 1. The predicted molar refractivity (Wildman–Crippen MR) is 174 cm³/mol. The van der Waals surface area contributed by atoms with Gasteiger partial charge in [-0.2, -0.15) is 0 Å². The summed E-state index contributed by atoms with van der Waals surface area (Å²) in [6.45, 7) is 10.1. The number of H-pyrrole nitrogens is 2. The minimum Gasteiger partial charge on any atom is -0.453 e. The molecule has 12 nitrogen and oxygen atoms in total. The molecule has 3 amide bonds. The van der Waals surface area contributed by atoms with Crippen molar-refractivity contribution in [3.8, 4) is 21.1 Å². The highest BCUT2D eigenvalue weighted by Gasteiger charge is 2.29. The Labute approximate surface area is 265 Å². The minimum absolute atomic E-state index is 0.0541. The molecule has 44 heavy (non-hydrogen) atoms. The largest absolute Gasteiger partial charge is 0.453 e. The fourth-order valence-electron chi connectivity index (χ4n) is 4.86. The number of likely N-dealkylation sites (N-methyl/N-ethyl adjacent to an activating group) is 1. The SMILES string of the molecule is CCCN(Cc1ncc(-c2cc3sc(-c4cnc(CN(CCC)C(=O)C(NC(=O)OC)C(C)C)[nH]4)cc3s2)[nH]1)C(=O)CNC. The summed E-state index contributed by atoms with van der Waals surface area (Å²) in [5, 5.41) is 5.60. The van der Waals surface area contributed by atoms with Crippen LogP contribution in [0, 0.1) is 5.92 Å². The second-order valence-electron chi connectivity index (χ2n) is 10.9. The molecule has 0 fully saturated rings. The van der Waals surface area contributed by atoms with Crippen molar-refractivity contribution in [2.45, 2.75) is 59.7 Å². The Morgan fingerprint density at radius 3 is 1.91 bits per heavy atom. The zero-order valence-corrected chi connectivity index (χ0v) is 27.8. The highest BCUT2D eigenvalue weighted by atomic mass is 32.1. The summed E-state index contributed by atoms with van der Waals surface area (Å²) in [4.78, 5) is 59.2. The van der Waals surface area contributed by atoms with Crippen molar-refractivity contribution >= 4 is 50.0 Å². The number of thiophene rings is 2. The number of fused-ring (bicyclic) bond motifs is 1. The number of rotatable bonds is 15. The lowest BCUT2D eigenvalue weighted by atomic mass is 10.0. The van der Waals surface area contributed by atoms with Crippen molar-refractivity contribution in [3.05, 3.63) is 36.2 Å². The Hall–Kier alpha value is -3.75. The molecule has 0 saturated heterocycles. The van der Waals surface area contributed by atoms with Gasteiger partial charge in [-0.05, 0) is 37.9 Å². The zero-order chi connectivity index (χ0) is 31.8. The smallest absolute Gasteiger partial charge is 0.407 e. The number of imidazole rings is 2. The third-order valence-corrected chi connectivity index (χ3v) is 9.41. The number of hydrogen-bond acceptors (Lipinski definition) is 9. The first-order valence-electron chi connectivity index (χ1n) is 14.8. The Morgan fingerprint density at radius 1 is 0.909 bits per heavy atom.